The van der Waals surface area contributed by atoms with Gasteiger partial charge < -0.3 is 5.32 Å². The Morgan fingerprint density at radius 3 is 2.67 bits per heavy atom. The van der Waals surface area contributed by atoms with E-state index in [1.54, 1.807) is 11.8 Å². The lowest BCUT2D eigenvalue weighted by Gasteiger charge is -2.05. The zero-order chi connectivity index (χ0) is 10.9. The zero-order valence-electron chi connectivity index (χ0n) is 9.36. The highest BCUT2D eigenvalue weighted by atomic mass is 32.2. The molecule has 82 valence electrons. The van der Waals surface area contributed by atoms with Crippen LogP contribution in [-0.2, 0) is 6.54 Å². The molecule has 0 saturated heterocycles. The number of aliphatic imine (C=N–C) groups is 1. The zero-order valence-corrected chi connectivity index (χ0v) is 10.2. The van der Waals surface area contributed by atoms with Crippen LogP contribution in [0.1, 0.15) is 18.9 Å². The largest absolute Gasteiger partial charge is 0.365 e. The first kappa shape index (κ1) is 12.1. The first-order valence-electron chi connectivity index (χ1n) is 5.23. The molecular weight excluding hydrogens is 204 g/mol. The first-order valence-corrected chi connectivity index (χ1v) is 6.45. The minimum Gasteiger partial charge on any atom is -0.365 e. The number of thioether (sulfide) groups is 1. The number of hydrogen-bond donors (Lipinski definition) is 1. The fraction of sp³-hybridized carbons (Fsp3) is 0.417. The van der Waals surface area contributed by atoms with Crippen LogP contribution in [0.5, 0.6) is 0 Å². The van der Waals surface area contributed by atoms with E-state index in [0.717, 1.165) is 24.7 Å². The van der Waals surface area contributed by atoms with E-state index in [1.165, 1.54) is 5.56 Å². The van der Waals surface area contributed by atoms with E-state index in [9.17, 15) is 0 Å². The van der Waals surface area contributed by atoms with Gasteiger partial charge in [-0.25, -0.2) is 0 Å². The lowest BCUT2D eigenvalue weighted by Crippen LogP contribution is -2.20. The summed E-state index contributed by atoms with van der Waals surface area (Å²) >= 11 is 1.67. The Kier molecular flexibility index (Phi) is 5.93. The Bertz CT molecular complexity index is 296. The van der Waals surface area contributed by atoms with Gasteiger partial charge in [0.1, 0.15) is 0 Å². The van der Waals surface area contributed by atoms with Crippen molar-refractivity contribution in [1.82, 2.24) is 5.32 Å². The lowest BCUT2D eigenvalue weighted by molar-refractivity contribution is 0.841. The second-order valence-corrected chi connectivity index (χ2v) is 4.03. The fourth-order valence-electron chi connectivity index (χ4n) is 1.17. The van der Waals surface area contributed by atoms with E-state index >= 15 is 0 Å². The van der Waals surface area contributed by atoms with Crippen molar-refractivity contribution in [2.45, 2.75) is 19.9 Å². The standard InChI is InChI=1S/C12H18N2S/c1-3-9-13-12(15-2)14-10-11-7-5-4-6-8-11/h4-8H,3,9-10H2,1-2H3,(H,13,14). The van der Waals surface area contributed by atoms with Crippen molar-refractivity contribution < 1.29 is 0 Å². The van der Waals surface area contributed by atoms with Crippen LogP contribution < -0.4 is 5.32 Å². The third kappa shape index (κ3) is 4.88. The van der Waals surface area contributed by atoms with Gasteiger partial charge in [0.25, 0.3) is 0 Å². The summed E-state index contributed by atoms with van der Waals surface area (Å²) in [6, 6.07) is 10.3. The summed E-state index contributed by atoms with van der Waals surface area (Å²) in [6.45, 7) is 3.91. The Hall–Kier alpha value is -0.960. The fourth-order valence-corrected chi connectivity index (χ4v) is 1.61. The molecule has 0 radical (unpaired) electrons. The summed E-state index contributed by atoms with van der Waals surface area (Å²) < 4.78 is 0. The first-order chi connectivity index (χ1) is 7.36. The summed E-state index contributed by atoms with van der Waals surface area (Å²) in [5.74, 6) is 0. The molecule has 0 unspecified atom stereocenters. The number of benzene rings is 1. The number of nitrogens with one attached hydrogen (secondary N) is 1. The van der Waals surface area contributed by atoms with Gasteiger partial charge in [-0.2, -0.15) is 0 Å². The van der Waals surface area contributed by atoms with Crippen molar-refractivity contribution in [3.05, 3.63) is 35.9 Å². The summed E-state index contributed by atoms with van der Waals surface area (Å²) in [5, 5.41) is 4.33. The molecule has 0 aliphatic carbocycles. The molecule has 0 saturated carbocycles. The van der Waals surface area contributed by atoms with Gasteiger partial charge in [0.2, 0.25) is 0 Å². The minimum atomic E-state index is 0.758. The van der Waals surface area contributed by atoms with Gasteiger partial charge in [0, 0.05) is 6.54 Å². The van der Waals surface area contributed by atoms with Gasteiger partial charge in [-0.3, -0.25) is 4.99 Å². The van der Waals surface area contributed by atoms with Crippen LogP contribution in [-0.4, -0.2) is 18.0 Å². The predicted molar refractivity (Wildman–Crippen MR) is 69.4 cm³/mol. The van der Waals surface area contributed by atoms with E-state index in [0.29, 0.717) is 0 Å². The number of hydrogen-bond acceptors (Lipinski definition) is 2. The molecule has 1 aromatic carbocycles. The van der Waals surface area contributed by atoms with E-state index in [4.69, 9.17) is 0 Å². The second-order valence-electron chi connectivity index (χ2n) is 3.24. The highest BCUT2D eigenvalue weighted by Crippen LogP contribution is 2.03. The summed E-state index contributed by atoms with van der Waals surface area (Å²) in [5.41, 5.74) is 1.25. The Morgan fingerprint density at radius 2 is 2.07 bits per heavy atom. The minimum absolute atomic E-state index is 0.758. The highest BCUT2D eigenvalue weighted by Gasteiger charge is 1.94. The van der Waals surface area contributed by atoms with Crippen molar-refractivity contribution >= 4 is 16.9 Å². The number of nitrogens with zero attached hydrogens (tertiary/aromatic N) is 1. The van der Waals surface area contributed by atoms with Crippen molar-refractivity contribution in [2.24, 2.45) is 4.99 Å². The molecule has 0 atom stereocenters. The molecule has 3 heteroatoms. The van der Waals surface area contributed by atoms with Crippen molar-refractivity contribution in [1.29, 1.82) is 0 Å². The molecule has 1 N–H and O–H groups in total. The molecule has 0 amide bonds. The third-order valence-electron chi connectivity index (χ3n) is 1.97. The van der Waals surface area contributed by atoms with E-state index < -0.39 is 0 Å². The summed E-state index contributed by atoms with van der Waals surface area (Å²) in [4.78, 5) is 4.52. The van der Waals surface area contributed by atoms with Crippen LogP contribution >= 0.6 is 11.8 Å². The Balaban J connectivity index is 2.47. The Morgan fingerprint density at radius 1 is 1.33 bits per heavy atom. The topological polar surface area (TPSA) is 24.4 Å². The number of rotatable bonds is 4. The van der Waals surface area contributed by atoms with Crippen LogP contribution in [0.15, 0.2) is 35.3 Å². The Labute approximate surface area is 96.2 Å². The molecule has 0 aromatic heterocycles. The van der Waals surface area contributed by atoms with Crippen LogP contribution in [0.3, 0.4) is 0 Å². The van der Waals surface area contributed by atoms with E-state index in [2.05, 4.69) is 29.4 Å². The molecule has 2 nitrogen and oxygen atoms in total. The monoisotopic (exact) mass is 222 g/mol. The summed E-state index contributed by atoms with van der Waals surface area (Å²) in [6.07, 6.45) is 3.18. The van der Waals surface area contributed by atoms with Gasteiger partial charge in [-0.15, -0.1) is 0 Å². The van der Waals surface area contributed by atoms with Crippen LogP contribution in [0, 0.1) is 0 Å². The average Bonchev–Trinajstić information content (AvgIpc) is 2.31. The maximum Gasteiger partial charge on any atom is 0.156 e. The van der Waals surface area contributed by atoms with E-state index in [-0.39, 0.29) is 0 Å². The molecular formula is C12H18N2S. The molecule has 1 aromatic rings. The van der Waals surface area contributed by atoms with Gasteiger partial charge in [-0.05, 0) is 18.2 Å². The molecule has 0 aliphatic heterocycles. The summed E-state index contributed by atoms with van der Waals surface area (Å²) in [7, 11) is 0. The highest BCUT2D eigenvalue weighted by molar-refractivity contribution is 8.13. The van der Waals surface area contributed by atoms with Gasteiger partial charge >= 0.3 is 0 Å². The molecule has 0 heterocycles. The van der Waals surface area contributed by atoms with Crippen LogP contribution in [0.4, 0.5) is 0 Å². The lowest BCUT2D eigenvalue weighted by atomic mass is 10.2. The van der Waals surface area contributed by atoms with Crippen LogP contribution in [0.25, 0.3) is 0 Å². The van der Waals surface area contributed by atoms with Gasteiger partial charge in [0.15, 0.2) is 5.17 Å². The second kappa shape index (κ2) is 7.35. The normalized spacial score (nSPS) is 11.5. The third-order valence-corrected chi connectivity index (χ3v) is 2.63. The maximum atomic E-state index is 4.52. The molecule has 0 spiro atoms. The van der Waals surface area contributed by atoms with Gasteiger partial charge in [-0.1, -0.05) is 49.0 Å². The molecule has 0 bridgehead atoms. The quantitative estimate of drug-likeness (QED) is 0.626. The van der Waals surface area contributed by atoms with Gasteiger partial charge in [0.05, 0.1) is 6.54 Å². The van der Waals surface area contributed by atoms with Crippen LogP contribution in [0.2, 0.25) is 0 Å². The number of amidine groups is 1. The van der Waals surface area contributed by atoms with Crippen molar-refractivity contribution in [2.75, 3.05) is 12.8 Å². The predicted octanol–water partition coefficient (Wildman–Crippen LogP) is 2.91. The van der Waals surface area contributed by atoms with Crippen molar-refractivity contribution in [3.8, 4) is 0 Å². The SMILES string of the molecule is CCCNC(=NCc1ccccc1)SC. The average molecular weight is 222 g/mol. The molecule has 0 aliphatic rings. The smallest absolute Gasteiger partial charge is 0.156 e. The maximum absolute atomic E-state index is 4.52. The van der Waals surface area contributed by atoms with E-state index in [1.807, 2.05) is 24.5 Å². The molecule has 15 heavy (non-hydrogen) atoms. The van der Waals surface area contributed by atoms with Crippen molar-refractivity contribution in [3.63, 3.8) is 0 Å². The molecule has 0 fully saturated rings. The molecule has 1 rings (SSSR count).